The number of oxime groups is 1. The van der Waals surface area contributed by atoms with Gasteiger partial charge >= 0.3 is 0 Å². The topological polar surface area (TPSA) is 257 Å². The summed E-state index contributed by atoms with van der Waals surface area (Å²) in [6, 6.07) is 13.5. The predicted molar refractivity (Wildman–Crippen MR) is 222 cm³/mol. The lowest BCUT2D eigenvalue weighted by molar-refractivity contribution is 0.311. The second-order valence-electron chi connectivity index (χ2n) is 12.8. The van der Waals surface area contributed by atoms with Crippen LogP contribution in [0.3, 0.4) is 0 Å². The third-order valence-corrected chi connectivity index (χ3v) is 8.27. The lowest BCUT2D eigenvalue weighted by Crippen LogP contribution is -2.23. The summed E-state index contributed by atoms with van der Waals surface area (Å²) in [4.78, 5) is 18.0. The fraction of sp³-hybridized carbons (Fsp3) is 0.368. The number of nitrogens with one attached hydrogen (secondary N) is 2. The van der Waals surface area contributed by atoms with Crippen molar-refractivity contribution in [3.63, 3.8) is 0 Å². The maximum absolute atomic E-state index is 9.00. The molecule has 0 atom stereocenters. The first-order chi connectivity index (χ1) is 27.0. The van der Waals surface area contributed by atoms with Crippen molar-refractivity contribution >= 4 is 40.7 Å². The molecule has 0 saturated heterocycles. The highest BCUT2D eigenvalue weighted by atomic mass is 35.5. The summed E-state index contributed by atoms with van der Waals surface area (Å²) in [5, 5.41) is 43.4. The third kappa shape index (κ3) is 10.3. The van der Waals surface area contributed by atoms with Gasteiger partial charge in [0.1, 0.15) is 29.2 Å². The monoisotopic (exact) mass is 802 g/mol. The standard InChI is InChI=1S/C19H25N7O2.C19H22N6O.ClH.H3NO/c1-5-28-19-13(7-6-8-21-19)14-9-15(22-10-16(20)25-27)18-17(11(2)3)23-12(4)26(18)24-14;1-5-26-19-14(7-6-9-22-19)15-11-16(21-10-8-20)18-17(12(2)3)23-13(4)25(18)24-15;;1-2/h6-9,11,22,27H,5,10H2,1-4H3,(H2,20,25);6-7,9,11-12,21H,5,10H2,1-4H3;1H;2H,1H2. The molecule has 8 N–H and O–H groups in total. The fourth-order valence-corrected chi connectivity index (χ4v) is 5.89. The van der Waals surface area contributed by atoms with E-state index in [1.165, 1.54) is 0 Å². The van der Waals surface area contributed by atoms with Gasteiger partial charge in [-0.3, -0.25) is 0 Å². The van der Waals surface area contributed by atoms with Gasteiger partial charge in [0.15, 0.2) is 5.84 Å². The first-order valence-corrected chi connectivity index (χ1v) is 18.1. The van der Waals surface area contributed by atoms with Crippen molar-refractivity contribution in [1.29, 1.82) is 5.26 Å². The number of hydrogen-bond acceptors (Lipinski definition) is 15. The molecule has 0 aliphatic rings. The van der Waals surface area contributed by atoms with Crippen molar-refractivity contribution in [1.82, 2.24) is 39.2 Å². The zero-order valence-electron chi connectivity index (χ0n) is 33.3. The SMILES string of the molecule is CCOc1ncccc1-c1cc(NC/C(N)=N\O)c2c(C(C)C)nc(C)n2n1.CCOc1ncccc1-c1cc(NCC#N)c2c(C(C)C)nc(C)n2n1.Cl.NO. The Morgan fingerprint density at radius 3 is 1.65 bits per heavy atom. The quantitative estimate of drug-likeness (QED) is 0.0254. The average Bonchev–Trinajstić information content (AvgIpc) is 3.74. The Morgan fingerprint density at radius 1 is 0.825 bits per heavy atom. The molecule has 304 valence electrons. The molecule has 57 heavy (non-hydrogen) atoms. The van der Waals surface area contributed by atoms with Crippen LogP contribution in [0, 0.1) is 25.2 Å². The molecule has 18 nitrogen and oxygen atoms in total. The van der Waals surface area contributed by atoms with E-state index < -0.39 is 0 Å². The van der Waals surface area contributed by atoms with Crippen molar-refractivity contribution in [3.8, 4) is 40.3 Å². The van der Waals surface area contributed by atoms with Crippen molar-refractivity contribution < 1.29 is 19.9 Å². The summed E-state index contributed by atoms with van der Waals surface area (Å²) in [5.74, 6) is 6.65. The highest BCUT2D eigenvalue weighted by Gasteiger charge is 2.21. The van der Waals surface area contributed by atoms with Gasteiger partial charge in [0, 0.05) is 12.4 Å². The summed E-state index contributed by atoms with van der Waals surface area (Å²) in [6.07, 6.45) is 3.38. The molecule has 0 saturated carbocycles. The highest BCUT2D eigenvalue weighted by Crippen LogP contribution is 2.35. The molecule has 0 amide bonds. The smallest absolute Gasteiger partial charge is 0.222 e. The van der Waals surface area contributed by atoms with E-state index in [0.717, 1.165) is 56.6 Å². The maximum Gasteiger partial charge on any atom is 0.222 e. The van der Waals surface area contributed by atoms with E-state index in [2.05, 4.69) is 70.4 Å². The molecule has 0 aliphatic carbocycles. The summed E-state index contributed by atoms with van der Waals surface area (Å²) in [7, 11) is 0. The molecule has 0 aromatic carbocycles. The van der Waals surface area contributed by atoms with Gasteiger partial charge in [-0.25, -0.2) is 34.9 Å². The number of nitriles is 1. The Kier molecular flexibility index (Phi) is 16.7. The van der Waals surface area contributed by atoms with Gasteiger partial charge in [-0.1, -0.05) is 32.9 Å². The third-order valence-electron chi connectivity index (χ3n) is 8.27. The van der Waals surface area contributed by atoms with Crippen LogP contribution < -0.4 is 31.7 Å². The lowest BCUT2D eigenvalue weighted by atomic mass is 10.1. The minimum atomic E-state index is 0. The number of nitrogens with two attached hydrogens (primary N) is 2. The number of amidine groups is 1. The highest BCUT2D eigenvalue weighted by molar-refractivity contribution is 5.87. The van der Waals surface area contributed by atoms with Gasteiger partial charge in [-0.2, -0.15) is 15.5 Å². The van der Waals surface area contributed by atoms with E-state index in [9.17, 15) is 0 Å². The summed E-state index contributed by atoms with van der Waals surface area (Å²) >= 11 is 0. The molecule has 0 bridgehead atoms. The first-order valence-electron chi connectivity index (χ1n) is 18.1. The number of imidazole rings is 2. The van der Waals surface area contributed by atoms with Gasteiger partial charge < -0.3 is 36.3 Å². The van der Waals surface area contributed by atoms with Crippen LogP contribution in [-0.4, -0.2) is 81.7 Å². The average molecular weight is 803 g/mol. The van der Waals surface area contributed by atoms with Crippen molar-refractivity contribution in [3.05, 3.63) is 71.8 Å². The predicted octanol–water partition coefficient (Wildman–Crippen LogP) is 6.09. The molecule has 19 heteroatoms. The normalized spacial score (nSPS) is 11.0. The minimum absolute atomic E-state index is 0. The van der Waals surface area contributed by atoms with E-state index in [4.69, 9.17) is 46.1 Å². The maximum atomic E-state index is 9.00. The summed E-state index contributed by atoms with van der Waals surface area (Å²) in [5.41, 5.74) is 13.9. The molecule has 0 fully saturated rings. The zero-order valence-corrected chi connectivity index (χ0v) is 34.2. The number of nitrogens with zero attached hydrogens (tertiary/aromatic N) is 10. The summed E-state index contributed by atoms with van der Waals surface area (Å²) in [6.45, 7) is 17.4. The Morgan fingerprint density at radius 2 is 1.26 bits per heavy atom. The number of aryl methyl sites for hydroxylation is 2. The van der Waals surface area contributed by atoms with Crippen LogP contribution >= 0.6 is 12.4 Å². The second kappa shape index (κ2) is 21.1. The molecule has 0 radical (unpaired) electrons. The Labute approximate surface area is 337 Å². The number of pyridine rings is 2. The number of rotatable bonds is 13. The molecular weight excluding hydrogens is 752 g/mol. The van der Waals surface area contributed by atoms with Crippen molar-refractivity contribution in [2.24, 2.45) is 16.8 Å². The Balaban J connectivity index is 0.000000288. The van der Waals surface area contributed by atoms with Crippen LogP contribution in [0.5, 0.6) is 11.8 Å². The van der Waals surface area contributed by atoms with Gasteiger partial charge in [0.25, 0.3) is 0 Å². The zero-order chi connectivity index (χ0) is 40.9. The molecule has 6 aromatic heterocycles. The molecule has 0 spiro atoms. The van der Waals surface area contributed by atoms with Crippen LogP contribution in [0.1, 0.15) is 76.4 Å². The van der Waals surface area contributed by atoms with E-state index in [0.29, 0.717) is 36.4 Å². The van der Waals surface area contributed by atoms with Gasteiger partial charge in [0.2, 0.25) is 11.8 Å². The lowest BCUT2D eigenvalue weighted by Gasteiger charge is -2.14. The van der Waals surface area contributed by atoms with E-state index in [-0.39, 0.29) is 43.2 Å². The molecule has 0 aliphatic heterocycles. The molecule has 6 heterocycles. The number of fused-ring (bicyclic) bond motifs is 2. The fourth-order valence-electron chi connectivity index (χ4n) is 5.89. The molecule has 6 aromatic rings. The number of hydrogen-bond donors (Lipinski definition) is 6. The van der Waals surface area contributed by atoms with Crippen molar-refractivity contribution in [2.45, 2.75) is 67.2 Å². The largest absolute Gasteiger partial charge is 0.477 e. The Hall–Kier alpha value is -6.29. The molecule has 0 unspecified atom stereocenters. The van der Waals surface area contributed by atoms with Gasteiger partial charge in [0.05, 0.1) is 71.1 Å². The number of aromatic nitrogens is 8. The Bertz CT molecular complexity index is 2320. The summed E-state index contributed by atoms with van der Waals surface area (Å²) < 4.78 is 14.9. The van der Waals surface area contributed by atoms with Gasteiger partial charge in [-0.05, 0) is 75.9 Å². The number of halogens is 1. The van der Waals surface area contributed by atoms with Crippen LogP contribution in [0.2, 0.25) is 0 Å². The van der Waals surface area contributed by atoms with E-state index in [1.807, 2.05) is 73.1 Å². The molecule has 6 rings (SSSR count). The van der Waals surface area contributed by atoms with E-state index in [1.54, 1.807) is 12.4 Å². The number of ether oxygens (including phenoxy) is 2. The van der Waals surface area contributed by atoms with Crippen LogP contribution in [0.25, 0.3) is 33.5 Å². The first kappa shape index (κ1) is 45.1. The van der Waals surface area contributed by atoms with Crippen LogP contribution in [-0.2, 0) is 0 Å². The van der Waals surface area contributed by atoms with Crippen LogP contribution in [0.15, 0.2) is 53.9 Å². The van der Waals surface area contributed by atoms with Crippen LogP contribution in [0.4, 0.5) is 11.4 Å². The number of anilines is 2. The van der Waals surface area contributed by atoms with E-state index >= 15 is 0 Å². The second-order valence-corrected chi connectivity index (χ2v) is 12.8. The molecular formula is C38H51ClN14O4. The minimum Gasteiger partial charge on any atom is -0.477 e. The van der Waals surface area contributed by atoms with Gasteiger partial charge in [-0.15, -0.1) is 12.4 Å². The van der Waals surface area contributed by atoms with Crippen molar-refractivity contribution in [2.75, 3.05) is 36.9 Å².